The first kappa shape index (κ1) is 13.5. The van der Waals surface area contributed by atoms with Gasteiger partial charge in [0, 0.05) is 5.57 Å². The molecule has 1 N–H and O–H groups in total. The summed E-state index contributed by atoms with van der Waals surface area (Å²) < 4.78 is 10.6. The van der Waals surface area contributed by atoms with Crippen LogP contribution in [0.3, 0.4) is 0 Å². The van der Waals surface area contributed by atoms with Crippen LogP contribution in [-0.2, 0) is 11.2 Å². The summed E-state index contributed by atoms with van der Waals surface area (Å²) in [5, 5.41) is 9.18. The van der Waals surface area contributed by atoms with Gasteiger partial charge in [0.1, 0.15) is 0 Å². The second-order valence-electron chi connectivity index (χ2n) is 4.59. The third-order valence-electron chi connectivity index (χ3n) is 3.39. The molecule has 0 aliphatic heterocycles. The molecule has 0 bridgehead atoms. The van der Waals surface area contributed by atoms with Crippen LogP contribution >= 0.6 is 0 Å². The van der Waals surface area contributed by atoms with Gasteiger partial charge in [-0.05, 0) is 55.0 Å². The molecule has 19 heavy (non-hydrogen) atoms. The molecule has 0 atom stereocenters. The number of hydrogen-bond acceptors (Lipinski definition) is 3. The lowest BCUT2D eigenvalue weighted by Crippen LogP contribution is -2.05. The van der Waals surface area contributed by atoms with Crippen LogP contribution in [0.25, 0.3) is 6.08 Å². The van der Waals surface area contributed by atoms with Gasteiger partial charge in [-0.25, -0.2) is 4.79 Å². The Morgan fingerprint density at radius 3 is 2.37 bits per heavy atom. The Balaban J connectivity index is 2.53. The highest BCUT2D eigenvalue weighted by atomic mass is 16.5. The fourth-order valence-electron chi connectivity index (χ4n) is 2.35. The summed E-state index contributed by atoms with van der Waals surface area (Å²) in [4.78, 5) is 11.2. The maximum absolute atomic E-state index is 11.2. The molecule has 0 saturated heterocycles. The fourth-order valence-corrected chi connectivity index (χ4v) is 2.35. The molecule has 0 spiro atoms. The zero-order valence-electron chi connectivity index (χ0n) is 11.2. The molecule has 4 nitrogen and oxygen atoms in total. The first-order chi connectivity index (χ1) is 9.15. The van der Waals surface area contributed by atoms with Crippen LogP contribution in [-0.4, -0.2) is 25.3 Å². The summed E-state index contributed by atoms with van der Waals surface area (Å²) in [6.45, 7) is 0. The van der Waals surface area contributed by atoms with Crippen molar-refractivity contribution in [2.75, 3.05) is 14.2 Å². The Hall–Kier alpha value is -1.97. The van der Waals surface area contributed by atoms with Gasteiger partial charge in [0.2, 0.25) is 0 Å². The lowest BCUT2D eigenvalue weighted by atomic mass is 9.93. The monoisotopic (exact) mass is 262 g/mol. The molecule has 0 unspecified atom stereocenters. The van der Waals surface area contributed by atoms with E-state index in [-0.39, 0.29) is 0 Å². The molecule has 2 rings (SSSR count). The Morgan fingerprint density at radius 2 is 1.74 bits per heavy atom. The van der Waals surface area contributed by atoms with Gasteiger partial charge in [-0.15, -0.1) is 0 Å². The minimum atomic E-state index is -0.845. The third-order valence-corrected chi connectivity index (χ3v) is 3.39. The fraction of sp³-hybridized carbons (Fsp3) is 0.400. The molecule has 1 aromatic carbocycles. The second kappa shape index (κ2) is 5.78. The van der Waals surface area contributed by atoms with Gasteiger partial charge >= 0.3 is 5.97 Å². The van der Waals surface area contributed by atoms with Gasteiger partial charge < -0.3 is 14.6 Å². The number of aliphatic carboxylic acids is 1. The van der Waals surface area contributed by atoms with E-state index in [9.17, 15) is 9.90 Å². The number of rotatable bonds is 3. The van der Waals surface area contributed by atoms with E-state index >= 15 is 0 Å². The van der Waals surface area contributed by atoms with Crippen LogP contribution < -0.4 is 9.47 Å². The molecule has 1 aromatic rings. The van der Waals surface area contributed by atoms with Crippen molar-refractivity contribution in [2.45, 2.75) is 25.7 Å². The minimum Gasteiger partial charge on any atom is -0.493 e. The van der Waals surface area contributed by atoms with Crippen molar-refractivity contribution in [3.63, 3.8) is 0 Å². The Morgan fingerprint density at radius 1 is 1.11 bits per heavy atom. The van der Waals surface area contributed by atoms with Gasteiger partial charge in [0.25, 0.3) is 0 Å². The van der Waals surface area contributed by atoms with E-state index in [0.29, 0.717) is 23.5 Å². The third kappa shape index (κ3) is 2.89. The highest BCUT2D eigenvalue weighted by Crippen LogP contribution is 2.33. The molecule has 0 amide bonds. The van der Waals surface area contributed by atoms with Gasteiger partial charge in [-0.3, -0.25) is 0 Å². The Labute approximate surface area is 112 Å². The quantitative estimate of drug-likeness (QED) is 0.910. The Kier molecular flexibility index (Phi) is 4.10. The minimum absolute atomic E-state index is 0.452. The van der Waals surface area contributed by atoms with Crippen LogP contribution in [0.2, 0.25) is 0 Å². The zero-order valence-corrected chi connectivity index (χ0v) is 11.2. The van der Waals surface area contributed by atoms with Crippen LogP contribution in [0.4, 0.5) is 0 Å². The van der Waals surface area contributed by atoms with Crippen LogP contribution in [0, 0.1) is 0 Å². The van der Waals surface area contributed by atoms with E-state index in [1.807, 2.05) is 12.1 Å². The van der Waals surface area contributed by atoms with E-state index in [1.165, 1.54) is 0 Å². The maximum Gasteiger partial charge on any atom is 0.331 e. The molecule has 0 radical (unpaired) electrons. The van der Waals surface area contributed by atoms with Gasteiger partial charge in [-0.1, -0.05) is 0 Å². The van der Waals surface area contributed by atoms with Gasteiger partial charge in [-0.2, -0.15) is 0 Å². The summed E-state index contributed by atoms with van der Waals surface area (Å²) in [5.74, 6) is 0.470. The molecular weight excluding hydrogens is 244 g/mol. The van der Waals surface area contributed by atoms with E-state index < -0.39 is 5.97 Å². The predicted molar refractivity (Wildman–Crippen MR) is 72.7 cm³/mol. The van der Waals surface area contributed by atoms with E-state index in [0.717, 1.165) is 30.4 Å². The van der Waals surface area contributed by atoms with Crippen molar-refractivity contribution in [3.05, 3.63) is 28.8 Å². The van der Waals surface area contributed by atoms with Crippen molar-refractivity contribution >= 4 is 12.0 Å². The number of carbonyl (C=O) groups is 1. The second-order valence-corrected chi connectivity index (χ2v) is 4.59. The van der Waals surface area contributed by atoms with Crippen molar-refractivity contribution in [1.29, 1.82) is 0 Å². The van der Waals surface area contributed by atoms with E-state index in [2.05, 4.69) is 0 Å². The molecular formula is C15H18O4. The molecule has 0 aromatic heterocycles. The number of fused-ring (bicyclic) bond motifs is 1. The summed E-state index contributed by atoms with van der Waals surface area (Å²) >= 11 is 0. The lowest BCUT2D eigenvalue weighted by molar-refractivity contribution is -0.132. The summed E-state index contributed by atoms with van der Waals surface area (Å²) in [7, 11) is 3.18. The summed E-state index contributed by atoms with van der Waals surface area (Å²) in [6, 6.07) is 3.79. The number of carboxylic acid groups (broad SMARTS) is 1. The first-order valence-corrected chi connectivity index (χ1v) is 6.34. The standard InChI is InChI=1S/C15H18O4/c1-18-13-8-10-5-3-4-6-11(15(16)17)7-12(10)9-14(13)19-2/h7-9H,3-6H2,1-2H3,(H,16,17). The Bertz CT molecular complexity index is 517. The number of carboxylic acids is 1. The van der Waals surface area contributed by atoms with Crippen molar-refractivity contribution in [1.82, 2.24) is 0 Å². The van der Waals surface area contributed by atoms with Crippen LogP contribution in [0.5, 0.6) is 11.5 Å². The highest BCUT2D eigenvalue weighted by molar-refractivity contribution is 5.92. The first-order valence-electron chi connectivity index (χ1n) is 6.34. The average Bonchev–Trinajstić information content (AvgIpc) is 2.38. The van der Waals surface area contributed by atoms with Crippen LogP contribution in [0.1, 0.15) is 30.4 Å². The lowest BCUT2D eigenvalue weighted by Gasteiger charge is -2.16. The largest absolute Gasteiger partial charge is 0.493 e. The molecule has 1 aliphatic rings. The molecule has 4 heteroatoms. The van der Waals surface area contributed by atoms with E-state index in [1.54, 1.807) is 20.3 Å². The number of methoxy groups -OCH3 is 2. The van der Waals surface area contributed by atoms with Crippen molar-refractivity contribution in [3.8, 4) is 11.5 Å². The van der Waals surface area contributed by atoms with E-state index in [4.69, 9.17) is 9.47 Å². The van der Waals surface area contributed by atoms with Crippen molar-refractivity contribution < 1.29 is 19.4 Å². The SMILES string of the molecule is COc1cc2c(cc1OC)CCCCC(C(=O)O)=C2. The molecule has 0 heterocycles. The number of ether oxygens (including phenoxy) is 2. The number of benzene rings is 1. The topological polar surface area (TPSA) is 55.8 Å². The zero-order chi connectivity index (χ0) is 13.8. The maximum atomic E-state index is 11.2. The summed E-state index contributed by atoms with van der Waals surface area (Å²) in [6.07, 6.45) is 5.17. The van der Waals surface area contributed by atoms with Gasteiger partial charge in [0.05, 0.1) is 14.2 Å². The summed E-state index contributed by atoms with van der Waals surface area (Å²) in [5.41, 5.74) is 2.47. The molecule has 0 fully saturated rings. The predicted octanol–water partition coefficient (Wildman–Crippen LogP) is 2.90. The smallest absolute Gasteiger partial charge is 0.331 e. The highest BCUT2D eigenvalue weighted by Gasteiger charge is 2.15. The molecule has 0 saturated carbocycles. The van der Waals surface area contributed by atoms with Crippen molar-refractivity contribution in [2.24, 2.45) is 0 Å². The van der Waals surface area contributed by atoms with Gasteiger partial charge in [0.15, 0.2) is 11.5 Å². The average molecular weight is 262 g/mol. The number of aryl methyl sites for hydroxylation is 1. The number of hydrogen-bond donors (Lipinski definition) is 1. The molecule has 1 aliphatic carbocycles. The normalized spacial score (nSPS) is 14.7. The van der Waals surface area contributed by atoms with Crippen LogP contribution in [0.15, 0.2) is 17.7 Å². The molecule has 102 valence electrons.